The fourth-order valence-corrected chi connectivity index (χ4v) is 39.3. The van der Waals surface area contributed by atoms with Crippen molar-refractivity contribution < 1.29 is 38.7 Å². The topological polar surface area (TPSA) is 280 Å². The van der Waals surface area contributed by atoms with E-state index in [2.05, 4.69) is 182 Å². The molecule has 21 aliphatic carbocycles. The van der Waals surface area contributed by atoms with E-state index in [-0.39, 0.29) is 18.3 Å². The van der Waals surface area contributed by atoms with E-state index in [1.807, 2.05) is 6.92 Å². The quantitative estimate of drug-likeness (QED) is 0.0427. The molecule has 5 N–H and O–H groups in total. The molecule has 149 heavy (non-hydrogen) atoms. The number of alkyl halides is 3. The first-order chi connectivity index (χ1) is 71.5. The molecule has 0 aliphatic heterocycles. The lowest BCUT2D eigenvalue weighted by atomic mass is 9.51. The molecule has 26 heteroatoms. The van der Waals surface area contributed by atoms with Gasteiger partial charge < -0.3 is 25.5 Å². The Kier molecular flexibility index (Phi) is 29.4. The SMILES string of the molecule is C=C(Cn1nccn1)[C@H]1CC[C@H]2[C@@H]3CC=C4C[C@](O)(C#CC5CC5)CC[C@@H]4[C@H]3CC[C@]12C.C=C(Cn1nccn1)[C@H]1CC[C@H]2[C@@H]3CC=C4C[C@](O)(C#CCl)CC[C@@H]4[C@H]3CC[C@]12C.C=C(Cn1nccn1)[C@H]1CC[C@H]2[C@@H]3CC=C4C[C@](O)(C(F)F)CC[C@@H]4[C@H]3CC[C@]12C.C=C(Cn1ncnn1)[C@H]1CC[C@H]2[C@@H]3CC=C4C[C@@](C)(O)CC[C@@H]4[C@H]3CC[C@]12C.C=C(Cn1ncnn1)[C@H]1CC[C@H]2[C@@H]3CC=C4C[C@](O)(CF)CC[C@@H]4[C@H]3CC[C@]12C. The molecule has 804 valence electrons. The van der Waals surface area contributed by atoms with Crippen LogP contribution >= 0.6 is 11.6 Å². The lowest BCUT2D eigenvalue weighted by Crippen LogP contribution is -2.49. The van der Waals surface area contributed by atoms with Gasteiger partial charge in [-0.2, -0.15) is 54.6 Å². The van der Waals surface area contributed by atoms with Crippen molar-refractivity contribution >= 4 is 11.6 Å². The molecular formula is C123H169ClF3N17O5. The third-order valence-electron chi connectivity index (χ3n) is 46.2. The summed E-state index contributed by atoms with van der Waals surface area (Å²) in [5.41, 5.74) is 9.90. The number of allylic oxidation sites excluding steroid dienone is 10. The van der Waals surface area contributed by atoms with Crippen molar-refractivity contribution in [3.63, 3.8) is 0 Å². The summed E-state index contributed by atoms with van der Waals surface area (Å²) in [5, 5.41) is 105. The Hall–Kier alpha value is -8.04. The smallest absolute Gasteiger partial charge is 0.267 e. The zero-order valence-corrected chi connectivity index (χ0v) is 90.7. The Bertz CT molecular complexity index is 5990. The molecule has 35 atom stereocenters. The highest BCUT2D eigenvalue weighted by molar-refractivity contribution is 6.30. The van der Waals surface area contributed by atoms with E-state index in [1.54, 1.807) is 66.7 Å². The van der Waals surface area contributed by atoms with Gasteiger partial charge in [-0.1, -0.05) is 171 Å². The second-order valence-electron chi connectivity index (χ2n) is 53.7. The number of hydrogen-bond acceptors (Lipinski definition) is 17. The van der Waals surface area contributed by atoms with Gasteiger partial charge in [-0.3, -0.25) is 0 Å². The van der Waals surface area contributed by atoms with E-state index < -0.39 is 41.1 Å². The minimum absolute atomic E-state index is 0.163. The lowest BCUT2D eigenvalue weighted by molar-refractivity contribution is -0.119. The van der Waals surface area contributed by atoms with Crippen molar-refractivity contribution in [3.05, 3.63) is 169 Å². The molecule has 5 aromatic rings. The van der Waals surface area contributed by atoms with Gasteiger partial charge in [0.05, 0.1) is 81.1 Å². The lowest BCUT2D eigenvalue weighted by Gasteiger charge is -2.54. The summed E-state index contributed by atoms with van der Waals surface area (Å²) in [6, 6.07) is 0. The van der Waals surface area contributed by atoms with Gasteiger partial charge >= 0.3 is 0 Å². The highest BCUT2D eigenvalue weighted by Crippen LogP contribution is 2.72. The highest BCUT2D eigenvalue weighted by atomic mass is 35.5. The van der Waals surface area contributed by atoms with Crippen LogP contribution in [0.5, 0.6) is 0 Å². The predicted octanol–water partition coefficient (Wildman–Crippen LogP) is 23.4. The van der Waals surface area contributed by atoms with Gasteiger partial charge in [-0.25, -0.2) is 13.2 Å². The number of hydrogen-bond donors (Lipinski definition) is 5. The summed E-state index contributed by atoms with van der Waals surface area (Å²) in [6.07, 6.45) is 67.8. The maximum atomic E-state index is 13.4. The monoisotopic (exact) mass is 2060 g/mol. The summed E-state index contributed by atoms with van der Waals surface area (Å²) in [5.74, 6) is 26.9. The molecule has 21 aliphatic rings. The Morgan fingerprint density at radius 3 is 0.946 bits per heavy atom. The van der Waals surface area contributed by atoms with Crippen LogP contribution in [-0.4, -0.2) is 152 Å². The first kappa shape index (κ1) is 105. The van der Waals surface area contributed by atoms with Crippen molar-refractivity contribution in [1.82, 2.24) is 85.4 Å². The van der Waals surface area contributed by atoms with Crippen LogP contribution in [0.2, 0.25) is 0 Å². The van der Waals surface area contributed by atoms with E-state index in [4.69, 9.17) is 11.6 Å². The zero-order chi connectivity index (χ0) is 104. The van der Waals surface area contributed by atoms with Crippen LogP contribution in [0.15, 0.2) is 169 Å². The molecule has 5 heterocycles. The number of tetrazole rings is 2. The molecule has 0 spiro atoms. The van der Waals surface area contributed by atoms with Crippen molar-refractivity contribution in [2.75, 3.05) is 6.67 Å². The van der Waals surface area contributed by atoms with Crippen molar-refractivity contribution in [1.29, 1.82) is 0 Å². The molecule has 0 radical (unpaired) electrons. The molecule has 26 rings (SSSR count). The van der Waals surface area contributed by atoms with Gasteiger partial charge in [0.15, 0.2) is 12.7 Å². The van der Waals surface area contributed by atoms with Gasteiger partial charge in [0, 0.05) is 30.6 Å². The van der Waals surface area contributed by atoms with Crippen molar-refractivity contribution in [2.45, 2.75) is 378 Å². The van der Waals surface area contributed by atoms with Gasteiger partial charge in [-0.15, -0.1) is 20.4 Å². The molecule has 0 aromatic carbocycles. The fraction of sp³-hybridized carbons (Fsp3) is 0.740. The Morgan fingerprint density at radius 2 is 0.638 bits per heavy atom. The zero-order valence-electron chi connectivity index (χ0n) is 89.9. The molecule has 5 aromatic heterocycles. The normalized spacial score (nSPS) is 43.3. The van der Waals surface area contributed by atoms with Crippen LogP contribution in [0, 0.1) is 204 Å². The molecule has 22 nitrogen and oxygen atoms in total. The Balaban J connectivity index is 0.000000105. The van der Waals surface area contributed by atoms with E-state index in [1.165, 1.54) is 211 Å². The van der Waals surface area contributed by atoms with Crippen LogP contribution in [-0.2, 0) is 32.7 Å². The first-order valence-corrected chi connectivity index (χ1v) is 58.8. The van der Waals surface area contributed by atoms with E-state index in [0.717, 1.165) is 167 Å². The van der Waals surface area contributed by atoms with Gasteiger partial charge in [0.2, 0.25) is 0 Å². The maximum Gasteiger partial charge on any atom is 0.267 e. The standard InChI is InChI=1S/C28H37N3O.C25H32ClN3O.C24H33F2N3O.C23H33FN4O.C23H34N4O/c1-19(18-31-29-15-16-30-31)25-7-8-26-24-6-5-21-17-28(32,13-9-20-3-4-20)14-11-22(21)23(24)10-12-27(25,26)2;1-17(16-29-27-13-14-28-29)22-5-6-23-21-4-3-18-15-25(30,11-12-26)10-8-19(18)20(21)7-9-24(22,23)2;1-15(14-29-27-11-12-28-29)20-5-6-21-19-4-3-16-13-24(30,22(25)26)10-8-17(16)18(19)7-9-23(20,21)2;1-15(12-28-26-14-25-27-28)20-5-6-21-19-4-3-16-11-23(29,13-24)10-8-17(16)18(19)7-9-22(20,21)2;1-15(13-27-25-14-24-26-27)20-6-7-21-19-5-4-16-12-22(2,28)10-8-17(16)18(19)9-11-23(20,21)3/h5,15-16,20,22-26,32H,1,3-4,6-8,10-12,14,17-18H2,2H3;3,13-14,19-23,30H,1,4-10,15-16H2,2H3;3,11-12,17-22,30H,1,4-10,13-14H2,2H3;3,14,17-21,29H,1,4-13H2,2H3;4,14,17-21,28H,1,5-13H2,2-3H3/t22-,23+,24+,25+,26-,27+,28-;19-,20+,21+,22+,23-,24+,25+;17-,18+,19+,20+,21-,23+,24-;17-,18+,19+,20+,21-,22+,23-;17-,18+,19+,20+,21-,22-,23+/m00000/s1. The molecular weight excluding hydrogens is 1890 g/mol. The summed E-state index contributed by atoms with van der Waals surface area (Å²) in [4.78, 5) is 8.61. The maximum absolute atomic E-state index is 13.4. The van der Waals surface area contributed by atoms with E-state index in [9.17, 15) is 38.7 Å². The largest absolute Gasteiger partial charge is 0.390 e. The Labute approximate surface area is 888 Å². The third kappa shape index (κ3) is 20.1. The van der Waals surface area contributed by atoms with Crippen molar-refractivity contribution in [2.24, 2.45) is 181 Å². The molecule has 0 amide bonds. The number of nitrogens with zero attached hydrogens (tertiary/aromatic N) is 17. The van der Waals surface area contributed by atoms with Gasteiger partial charge in [0.1, 0.15) is 23.5 Å². The van der Waals surface area contributed by atoms with Crippen LogP contribution in [0.4, 0.5) is 13.2 Å². The van der Waals surface area contributed by atoms with Crippen LogP contribution < -0.4 is 0 Å². The van der Waals surface area contributed by atoms with Crippen LogP contribution in [0.3, 0.4) is 0 Å². The minimum Gasteiger partial charge on any atom is -0.390 e. The second-order valence-corrected chi connectivity index (χ2v) is 53.9. The number of halogens is 4. The number of fused-ring (bicyclic) bond motifs is 25. The molecule has 16 fully saturated rings. The third-order valence-corrected chi connectivity index (χ3v) is 46.3. The first-order valence-electron chi connectivity index (χ1n) is 58.4. The summed E-state index contributed by atoms with van der Waals surface area (Å²) < 4.78 is 40.1. The number of aliphatic hydroxyl groups is 5. The van der Waals surface area contributed by atoms with E-state index >= 15 is 0 Å². The fourth-order valence-electron chi connectivity index (χ4n) is 39.1. The van der Waals surface area contributed by atoms with Crippen LogP contribution in [0.25, 0.3) is 0 Å². The molecule has 16 saturated carbocycles. The highest BCUT2D eigenvalue weighted by Gasteiger charge is 2.65. The van der Waals surface area contributed by atoms with Gasteiger partial charge in [0.25, 0.3) is 6.43 Å². The number of rotatable bonds is 17. The van der Waals surface area contributed by atoms with Gasteiger partial charge in [-0.05, 0) is 454 Å². The summed E-state index contributed by atoms with van der Waals surface area (Å²) in [7, 11) is 0. The average molecular weight is 2060 g/mol. The number of aromatic nitrogens is 17. The minimum atomic E-state index is -2.65. The molecule has 0 unspecified atom stereocenters. The van der Waals surface area contributed by atoms with Crippen LogP contribution in [0.1, 0.15) is 311 Å². The predicted molar refractivity (Wildman–Crippen MR) is 571 cm³/mol. The molecule has 0 bridgehead atoms. The summed E-state index contributed by atoms with van der Waals surface area (Å²) in [6.45, 7) is 39.9. The summed E-state index contributed by atoms with van der Waals surface area (Å²) >= 11 is 5.61. The average Bonchev–Trinajstić information content (AvgIpc) is 1.64. The van der Waals surface area contributed by atoms with Crippen molar-refractivity contribution in [3.8, 4) is 23.1 Å². The second kappa shape index (κ2) is 41.6. The Morgan fingerprint density at radius 1 is 0.342 bits per heavy atom. The van der Waals surface area contributed by atoms with E-state index in [0.29, 0.717) is 150 Å². The molecule has 0 saturated heterocycles.